The average molecular weight is 519 g/mol. The highest BCUT2D eigenvalue weighted by Gasteiger charge is 2.43. The number of carbonyl (C=O) groups is 2. The van der Waals surface area contributed by atoms with Gasteiger partial charge in [-0.1, -0.05) is 23.2 Å². The Balaban J connectivity index is 1.67. The predicted molar refractivity (Wildman–Crippen MR) is 126 cm³/mol. The van der Waals surface area contributed by atoms with Gasteiger partial charge in [-0.2, -0.15) is 8.42 Å². The first kappa shape index (κ1) is 23.1. The number of ether oxygens (including phenoxy) is 1. The van der Waals surface area contributed by atoms with Gasteiger partial charge >= 0.3 is 10.1 Å². The largest absolute Gasteiger partial charge is 0.465 e. The highest BCUT2D eigenvalue weighted by Crippen LogP contribution is 2.50. The van der Waals surface area contributed by atoms with E-state index in [4.69, 9.17) is 32.1 Å². The molecular formula is C25H20Cl2O6S. The fraction of sp³-hybridized carbons (Fsp3) is 0.280. The molecule has 6 nitrogen and oxygen atoms in total. The summed E-state index contributed by atoms with van der Waals surface area (Å²) in [4.78, 5) is 26.0. The summed E-state index contributed by atoms with van der Waals surface area (Å²) in [7, 11) is -4.22. The Morgan fingerprint density at radius 3 is 1.94 bits per heavy atom. The van der Waals surface area contributed by atoms with E-state index in [0.717, 1.165) is 0 Å². The van der Waals surface area contributed by atoms with E-state index in [-0.39, 0.29) is 22.2 Å². The van der Waals surface area contributed by atoms with Crippen molar-refractivity contribution in [3.05, 3.63) is 80.7 Å². The number of rotatable bonds is 4. The lowest BCUT2D eigenvalue weighted by atomic mass is 9.73. The number of Topliss-reactive ketones (excluding diaryl/α,β-unsaturated/α-hetero) is 2. The van der Waals surface area contributed by atoms with Crippen molar-refractivity contribution in [3.8, 4) is 5.75 Å². The minimum absolute atomic E-state index is 0.00157. The van der Waals surface area contributed by atoms with E-state index >= 15 is 0 Å². The maximum absolute atomic E-state index is 13.1. The van der Waals surface area contributed by atoms with E-state index in [2.05, 4.69) is 0 Å². The molecule has 2 aromatic carbocycles. The number of benzene rings is 2. The van der Waals surface area contributed by atoms with Crippen molar-refractivity contribution in [2.45, 2.75) is 49.3 Å². The SMILES string of the molecule is O=C1CCCC2=C1C(c1cc(Cl)ccc1OS(=O)(=O)c1ccc(Cl)cc1)C1=C(CCCC1=O)O2. The van der Waals surface area contributed by atoms with Crippen LogP contribution in [-0.2, 0) is 24.4 Å². The lowest BCUT2D eigenvalue weighted by molar-refractivity contribution is -0.117. The number of halogens is 2. The molecule has 0 unspecified atom stereocenters. The second-order valence-electron chi connectivity index (χ2n) is 8.44. The lowest BCUT2D eigenvalue weighted by Crippen LogP contribution is -2.30. The molecule has 1 heterocycles. The van der Waals surface area contributed by atoms with Gasteiger partial charge in [0.25, 0.3) is 0 Å². The van der Waals surface area contributed by atoms with Gasteiger partial charge in [0.1, 0.15) is 22.2 Å². The van der Waals surface area contributed by atoms with Gasteiger partial charge in [-0.3, -0.25) is 9.59 Å². The molecular weight excluding hydrogens is 499 g/mol. The van der Waals surface area contributed by atoms with E-state index < -0.39 is 16.0 Å². The van der Waals surface area contributed by atoms with Gasteiger partial charge in [0, 0.05) is 52.4 Å². The third-order valence-corrected chi connectivity index (χ3v) is 7.96. The van der Waals surface area contributed by atoms with Crippen molar-refractivity contribution in [1.82, 2.24) is 0 Å². The summed E-state index contributed by atoms with van der Waals surface area (Å²) in [6.07, 6.45) is 3.12. The van der Waals surface area contributed by atoms with E-state index in [1.165, 1.54) is 36.4 Å². The van der Waals surface area contributed by atoms with Crippen LogP contribution in [0.15, 0.2) is 70.0 Å². The number of ketones is 2. The Hall–Kier alpha value is -2.61. The molecule has 0 radical (unpaired) electrons. The molecule has 3 aliphatic rings. The summed E-state index contributed by atoms with van der Waals surface area (Å²) >= 11 is 12.2. The Labute approximate surface area is 207 Å². The quantitative estimate of drug-likeness (QED) is 0.469. The first-order valence-corrected chi connectivity index (χ1v) is 13.1. The number of hydrogen-bond acceptors (Lipinski definition) is 6. The summed E-state index contributed by atoms with van der Waals surface area (Å²) in [6, 6.07) is 10.1. The fourth-order valence-electron chi connectivity index (χ4n) is 4.72. The Bertz CT molecular complexity index is 1330. The standard InChI is InChI=1S/C25H20Cl2O6S/c26-14-7-10-16(11-8-14)34(30,31)33-20-12-9-15(27)13-17(20)23-24-18(28)3-1-5-21(24)32-22-6-2-4-19(29)25(22)23/h7-13,23H,1-6H2. The van der Waals surface area contributed by atoms with Crippen LogP contribution in [0.3, 0.4) is 0 Å². The number of allylic oxidation sites excluding steroid dienone is 4. The van der Waals surface area contributed by atoms with Gasteiger partial charge in [-0.15, -0.1) is 0 Å². The van der Waals surface area contributed by atoms with Crippen molar-refractivity contribution < 1.29 is 26.9 Å². The monoisotopic (exact) mass is 518 g/mol. The summed E-state index contributed by atoms with van der Waals surface area (Å²) in [5.41, 5.74) is 1.12. The first-order chi connectivity index (χ1) is 16.2. The Morgan fingerprint density at radius 1 is 0.794 bits per heavy atom. The van der Waals surface area contributed by atoms with Crippen molar-refractivity contribution in [3.63, 3.8) is 0 Å². The minimum Gasteiger partial charge on any atom is -0.465 e. The second kappa shape index (κ2) is 8.87. The van der Waals surface area contributed by atoms with Crippen molar-refractivity contribution in [1.29, 1.82) is 0 Å². The van der Waals surface area contributed by atoms with Gasteiger partial charge in [-0.05, 0) is 55.3 Å². The smallest absolute Gasteiger partial charge is 0.339 e. The molecule has 0 aromatic heterocycles. The number of carbonyl (C=O) groups excluding carboxylic acids is 2. The second-order valence-corrected chi connectivity index (χ2v) is 10.9. The molecule has 0 fully saturated rings. The maximum Gasteiger partial charge on any atom is 0.339 e. The molecule has 1 aliphatic heterocycles. The van der Waals surface area contributed by atoms with Crippen LogP contribution in [0.2, 0.25) is 10.0 Å². The molecule has 176 valence electrons. The molecule has 5 rings (SSSR count). The van der Waals surface area contributed by atoms with Crippen molar-refractivity contribution in [2.24, 2.45) is 0 Å². The van der Waals surface area contributed by atoms with E-state index in [0.29, 0.717) is 76.8 Å². The van der Waals surface area contributed by atoms with Gasteiger partial charge in [0.05, 0.1) is 5.92 Å². The fourth-order valence-corrected chi connectivity index (χ4v) is 5.98. The third kappa shape index (κ3) is 4.17. The van der Waals surface area contributed by atoms with E-state index in [1.807, 2.05) is 0 Å². The zero-order valence-corrected chi connectivity index (χ0v) is 20.3. The predicted octanol–water partition coefficient (Wildman–Crippen LogP) is 5.89. The average Bonchev–Trinajstić information content (AvgIpc) is 2.79. The van der Waals surface area contributed by atoms with Gasteiger partial charge in [0.15, 0.2) is 11.6 Å². The van der Waals surface area contributed by atoms with E-state index in [1.54, 1.807) is 6.07 Å². The lowest BCUT2D eigenvalue weighted by Gasteiger charge is -2.36. The Morgan fingerprint density at radius 2 is 1.35 bits per heavy atom. The summed E-state index contributed by atoms with van der Waals surface area (Å²) in [6.45, 7) is 0. The molecule has 34 heavy (non-hydrogen) atoms. The molecule has 0 atom stereocenters. The molecule has 0 bridgehead atoms. The molecule has 0 N–H and O–H groups in total. The molecule has 0 amide bonds. The number of hydrogen-bond donors (Lipinski definition) is 0. The summed E-state index contributed by atoms with van der Waals surface area (Å²) < 4.78 is 37.7. The van der Waals surface area contributed by atoms with Crippen LogP contribution in [0.1, 0.15) is 50.0 Å². The summed E-state index contributed by atoms with van der Waals surface area (Å²) in [5, 5.41) is 0.715. The molecule has 2 aromatic rings. The molecule has 9 heteroatoms. The van der Waals surface area contributed by atoms with Crippen LogP contribution in [0.5, 0.6) is 5.75 Å². The Kier molecular flexibility index (Phi) is 6.04. The van der Waals surface area contributed by atoms with Crippen LogP contribution >= 0.6 is 23.2 Å². The van der Waals surface area contributed by atoms with Crippen LogP contribution < -0.4 is 4.18 Å². The van der Waals surface area contributed by atoms with Gasteiger partial charge < -0.3 is 8.92 Å². The van der Waals surface area contributed by atoms with Crippen LogP contribution in [0.4, 0.5) is 0 Å². The zero-order chi connectivity index (χ0) is 24.0. The molecule has 0 saturated carbocycles. The van der Waals surface area contributed by atoms with Crippen LogP contribution in [-0.4, -0.2) is 20.0 Å². The molecule has 0 saturated heterocycles. The highest BCUT2D eigenvalue weighted by atomic mass is 35.5. The third-order valence-electron chi connectivity index (χ3n) is 6.23. The molecule has 0 spiro atoms. The van der Waals surface area contributed by atoms with Crippen LogP contribution in [0.25, 0.3) is 0 Å². The zero-order valence-electron chi connectivity index (χ0n) is 18.0. The van der Waals surface area contributed by atoms with Gasteiger partial charge in [0.2, 0.25) is 0 Å². The minimum atomic E-state index is -4.22. The van der Waals surface area contributed by atoms with Gasteiger partial charge in [-0.25, -0.2) is 0 Å². The van der Waals surface area contributed by atoms with Crippen molar-refractivity contribution in [2.75, 3.05) is 0 Å². The van der Waals surface area contributed by atoms with Crippen molar-refractivity contribution >= 4 is 44.9 Å². The highest BCUT2D eigenvalue weighted by molar-refractivity contribution is 7.87. The molecule has 2 aliphatic carbocycles. The normalized spacial score (nSPS) is 19.0. The summed E-state index contributed by atoms with van der Waals surface area (Å²) in [5.74, 6) is 0.0443. The van der Waals surface area contributed by atoms with E-state index in [9.17, 15) is 18.0 Å². The maximum atomic E-state index is 13.1. The topological polar surface area (TPSA) is 86.7 Å². The first-order valence-electron chi connectivity index (χ1n) is 10.9. The van der Waals surface area contributed by atoms with Crippen LogP contribution in [0, 0.1) is 0 Å².